The minimum absolute atomic E-state index is 0.0449. The molecule has 32 heavy (non-hydrogen) atoms. The highest BCUT2D eigenvalue weighted by molar-refractivity contribution is 7.89. The number of carbonyl (C=O) groups excluding carboxylic acids is 1. The summed E-state index contributed by atoms with van der Waals surface area (Å²) in [6, 6.07) is 15.8. The highest BCUT2D eigenvalue weighted by atomic mass is 32.2. The number of benzene rings is 2. The Labute approximate surface area is 196 Å². The molecule has 2 aromatic carbocycles. The van der Waals surface area contributed by atoms with Crippen molar-refractivity contribution in [3.63, 3.8) is 0 Å². The van der Waals surface area contributed by atoms with Crippen molar-refractivity contribution in [2.24, 2.45) is 5.14 Å². The zero-order valence-corrected chi connectivity index (χ0v) is 20.0. The molecule has 4 N–H and O–H groups in total. The molecule has 10 heteroatoms. The monoisotopic (exact) mass is 489 g/mol. The van der Waals surface area contributed by atoms with Gasteiger partial charge in [0.25, 0.3) is 0 Å². The van der Waals surface area contributed by atoms with E-state index in [9.17, 15) is 13.2 Å². The predicted octanol–water partition coefficient (Wildman–Crippen LogP) is 4.03. The van der Waals surface area contributed by atoms with Crippen LogP contribution in [0.2, 0.25) is 0 Å². The summed E-state index contributed by atoms with van der Waals surface area (Å²) in [7, 11) is -3.73. The summed E-state index contributed by atoms with van der Waals surface area (Å²) in [4.78, 5) is 13.8. The van der Waals surface area contributed by atoms with Crippen LogP contribution in [0.1, 0.15) is 27.7 Å². The largest absolute Gasteiger partial charge is 0.462 e. The predicted molar refractivity (Wildman–Crippen MR) is 131 cm³/mol. The zero-order chi connectivity index (χ0) is 23.3. The van der Waals surface area contributed by atoms with Crippen molar-refractivity contribution in [1.29, 1.82) is 0 Å². The number of ether oxygens (including phenoxy) is 1. The number of hydrogen-bond acceptors (Lipinski definition) is 6. The first kappa shape index (κ1) is 23.9. The molecule has 1 aromatic heterocycles. The Morgan fingerprint density at radius 1 is 1.12 bits per heavy atom. The normalized spacial score (nSPS) is 11.1. The van der Waals surface area contributed by atoms with Gasteiger partial charge < -0.3 is 15.4 Å². The molecule has 3 rings (SSSR count). The van der Waals surface area contributed by atoms with E-state index in [2.05, 4.69) is 10.6 Å². The average Bonchev–Trinajstić information content (AvgIpc) is 3.08. The first-order chi connectivity index (χ1) is 15.2. The van der Waals surface area contributed by atoms with Gasteiger partial charge in [-0.3, -0.25) is 0 Å². The molecule has 0 aliphatic heterocycles. The van der Waals surface area contributed by atoms with E-state index < -0.39 is 16.0 Å². The number of anilines is 1. The summed E-state index contributed by atoms with van der Waals surface area (Å²) in [6.45, 7) is 4.34. The fraction of sp³-hybridized carbons (Fsp3) is 0.182. The molecule has 0 radical (unpaired) electrons. The number of hydrogen-bond donors (Lipinski definition) is 3. The molecule has 168 valence electrons. The molecule has 0 unspecified atom stereocenters. The third-order valence-electron chi connectivity index (χ3n) is 4.56. The van der Waals surface area contributed by atoms with Gasteiger partial charge in [0.1, 0.15) is 10.6 Å². The minimum atomic E-state index is -3.73. The van der Waals surface area contributed by atoms with Gasteiger partial charge in [-0.25, -0.2) is 18.4 Å². The van der Waals surface area contributed by atoms with Gasteiger partial charge in [0, 0.05) is 17.0 Å². The lowest BCUT2D eigenvalue weighted by Gasteiger charge is -2.12. The van der Waals surface area contributed by atoms with Crippen LogP contribution in [0.3, 0.4) is 0 Å². The van der Waals surface area contributed by atoms with Gasteiger partial charge in [0.05, 0.1) is 11.5 Å². The van der Waals surface area contributed by atoms with Gasteiger partial charge in [-0.2, -0.15) is 0 Å². The standard InChI is InChI=1S/C22H23N3O4S3/c1-3-29-21(26)19-18(16-7-5-4-6-8-16)14(2)31-20(19)25-22(30)24-13-15-9-11-17(12-10-15)32(23,27)28/h4-12H,3,13H2,1-2H3,(H2,23,27,28)(H2,24,25,30). The first-order valence-electron chi connectivity index (χ1n) is 9.73. The Hall–Kier alpha value is -2.79. The lowest BCUT2D eigenvalue weighted by Crippen LogP contribution is -2.28. The molecule has 7 nitrogen and oxygen atoms in total. The number of primary sulfonamides is 1. The van der Waals surface area contributed by atoms with E-state index in [0.29, 0.717) is 22.2 Å². The van der Waals surface area contributed by atoms with Gasteiger partial charge >= 0.3 is 5.97 Å². The van der Waals surface area contributed by atoms with Crippen molar-refractivity contribution in [3.05, 3.63) is 70.6 Å². The Kier molecular flexibility index (Phi) is 7.62. The van der Waals surface area contributed by atoms with Crippen molar-refractivity contribution in [2.75, 3.05) is 11.9 Å². The molecule has 0 fully saturated rings. The second kappa shape index (κ2) is 10.2. The molecule has 1 heterocycles. The van der Waals surface area contributed by atoms with E-state index in [-0.39, 0.29) is 11.5 Å². The van der Waals surface area contributed by atoms with Crippen LogP contribution in [0, 0.1) is 6.92 Å². The van der Waals surface area contributed by atoms with Crippen molar-refractivity contribution >= 4 is 49.7 Å². The topological polar surface area (TPSA) is 111 Å². The number of carbonyl (C=O) groups is 1. The smallest absolute Gasteiger partial charge is 0.341 e. The average molecular weight is 490 g/mol. The first-order valence-corrected chi connectivity index (χ1v) is 12.5. The second-order valence-corrected chi connectivity index (χ2v) is 10.0. The minimum Gasteiger partial charge on any atom is -0.462 e. The summed E-state index contributed by atoms with van der Waals surface area (Å²) in [5.74, 6) is -0.417. The van der Waals surface area contributed by atoms with Crippen LogP contribution >= 0.6 is 23.6 Å². The third kappa shape index (κ3) is 5.71. The maximum Gasteiger partial charge on any atom is 0.341 e. The number of aryl methyl sites for hydroxylation is 1. The number of thiocarbonyl (C=S) groups is 1. The molecular formula is C22H23N3O4S3. The van der Waals surface area contributed by atoms with Gasteiger partial charge in [-0.05, 0) is 49.3 Å². The zero-order valence-electron chi connectivity index (χ0n) is 17.5. The number of esters is 1. The van der Waals surface area contributed by atoms with Crippen molar-refractivity contribution in [1.82, 2.24) is 5.32 Å². The van der Waals surface area contributed by atoms with Crippen LogP contribution < -0.4 is 15.8 Å². The molecule has 0 aliphatic carbocycles. The fourth-order valence-electron chi connectivity index (χ4n) is 3.11. The van der Waals surface area contributed by atoms with Crippen molar-refractivity contribution in [2.45, 2.75) is 25.3 Å². The van der Waals surface area contributed by atoms with Gasteiger partial charge in [0.2, 0.25) is 10.0 Å². The van der Waals surface area contributed by atoms with Crippen LogP contribution in [0.25, 0.3) is 11.1 Å². The second-order valence-electron chi connectivity index (χ2n) is 6.82. The Morgan fingerprint density at radius 2 is 1.78 bits per heavy atom. The molecule has 0 bridgehead atoms. The van der Waals surface area contributed by atoms with E-state index in [1.165, 1.54) is 23.5 Å². The molecule has 3 aromatic rings. The third-order valence-corrected chi connectivity index (χ3v) is 6.75. The molecule has 0 aliphatic rings. The Bertz CT molecular complexity index is 1220. The number of nitrogens with two attached hydrogens (primary N) is 1. The number of thiophene rings is 1. The molecule has 0 amide bonds. The van der Waals surface area contributed by atoms with Crippen LogP contribution in [0.5, 0.6) is 0 Å². The Morgan fingerprint density at radius 3 is 2.38 bits per heavy atom. The maximum absolute atomic E-state index is 12.8. The van der Waals surface area contributed by atoms with E-state index in [1.54, 1.807) is 19.1 Å². The van der Waals surface area contributed by atoms with Gasteiger partial charge in [-0.15, -0.1) is 11.3 Å². The summed E-state index contributed by atoms with van der Waals surface area (Å²) in [6.07, 6.45) is 0. The van der Waals surface area contributed by atoms with E-state index in [0.717, 1.165) is 21.6 Å². The van der Waals surface area contributed by atoms with Crippen molar-refractivity contribution in [3.8, 4) is 11.1 Å². The Balaban J connectivity index is 1.79. The number of sulfonamides is 1. The number of rotatable bonds is 7. The summed E-state index contributed by atoms with van der Waals surface area (Å²) in [5.41, 5.74) is 3.01. The summed E-state index contributed by atoms with van der Waals surface area (Å²) < 4.78 is 28.0. The molecule has 0 atom stereocenters. The SMILES string of the molecule is CCOC(=O)c1c(NC(=S)NCc2ccc(S(N)(=O)=O)cc2)sc(C)c1-c1ccccc1. The number of nitrogens with one attached hydrogen (secondary N) is 2. The summed E-state index contributed by atoms with van der Waals surface area (Å²) >= 11 is 6.84. The van der Waals surface area contributed by atoms with Crippen LogP contribution in [0.4, 0.5) is 5.00 Å². The fourth-order valence-corrected chi connectivity index (χ4v) is 4.93. The highest BCUT2D eigenvalue weighted by Gasteiger charge is 2.24. The van der Waals surface area contributed by atoms with E-state index in [1.807, 2.05) is 37.3 Å². The van der Waals surface area contributed by atoms with Gasteiger partial charge in [0.15, 0.2) is 5.11 Å². The van der Waals surface area contributed by atoms with Gasteiger partial charge in [-0.1, -0.05) is 42.5 Å². The molecule has 0 saturated carbocycles. The molecular weight excluding hydrogens is 466 g/mol. The maximum atomic E-state index is 12.8. The lowest BCUT2D eigenvalue weighted by molar-refractivity contribution is 0.0529. The van der Waals surface area contributed by atoms with E-state index >= 15 is 0 Å². The quantitative estimate of drug-likeness (QED) is 0.339. The highest BCUT2D eigenvalue weighted by Crippen LogP contribution is 2.40. The van der Waals surface area contributed by atoms with Crippen LogP contribution in [0.15, 0.2) is 59.5 Å². The molecule has 0 saturated heterocycles. The van der Waals surface area contributed by atoms with Crippen LogP contribution in [-0.2, 0) is 21.3 Å². The summed E-state index contributed by atoms with van der Waals surface area (Å²) in [5, 5.41) is 12.2. The van der Waals surface area contributed by atoms with Crippen molar-refractivity contribution < 1.29 is 17.9 Å². The molecule has 0 spiro atoms. The van der Waals surface area contributed by atoms with Crippen LogP contribution in [-0.4, -0.2) is 26.1 Å². The lowest BCUT2D eigenvalue weighted by atomic mass is 10.0. The van der Waals surface area contributed by atoms with E-state index in [4.69, 9.17) is 22.1 Å².